The standard InChI is InChI=1S/C18H27NO2/c1-14-4-6-15(7-5-14)8-9-17(20)21-18(2,3)16-10-12-19-13-11-16/h4-7,16,19H,8-13H2,1-3H3/p+1. The van der Waals surface area contributed by atoms with E-state index < -0.39 is 0 Å². The van der Waals surface area contributed by atoms with Gasteiger partial charge in [-0.05, 0) is 32.8 Å². The molecule has 21 heavy (non-hydrogen) atoms. The van der Waals surface area contributed by atoms with Crippen LogP contribution in [-0.4, -0.2) is 24.7 Å². The number of nitrogens with two attached hydrogens (primary N) is 1. The zero-order valence-electron chi connectivity index (χ0n) is 13.5. The van der Waals surface area contributed by atoms with E-state index in [1.807, 2.05) is 0 Å². The average molecular weight is 290 g/mol. The monoisotopic (exact) mass is 290 g/mol. The highest BCUT2D eigenvalue weighted by molar-refractivity contribution is 5.70. The molecule has 0 amide bonds. The normalized spacial score (nSPS) is 16.7. The third-order valence-corrected chi connectivity index (χ3v) is 4.54. The van der Waals surface area contributed by atoms with Crippen LogP contribution in [0.5, 0.6) is 0 Å². The topological polar surface area (TPSA) is 42.9 Å². The van der Waals surface area contributed by atoms with Crippen LogP contribution in [0.25, 0.3) is 0 Å². The van der Waals surface area contributed by atoms with Crippen molar-refractivity contribution < 1.29 is 14.8 Å². The van der Waals surface area contributed by atoms with Crippen molar-refractivity contribution in [1.29, 1.82) is 0 Å². The van der Waals surface area contributed by atoms with Crippen LogP contribution in [0.2, 0.25) is 0 Å². The Bertz CT molecular complexity index is 459. The molecule has 116 valence electrons. The summed E-state index contributed by atoms with van der Waals surface area (Å²) < 4.78 is 5.77. The van der Waals surface area contributed by atoms with Gasteiger partial charge < -0.3 is 10.1 Å². The molecule has 1 aromatic rings. The lowest BCUT2D eigenvalue weighted by Crippen LogP contribution is -2.86. The number of rotatable bonds is 5. The number of carbonyl (C=O) groups is 1. The van der Waals surface area contributed by atoms with Crippen molar-refractivity contribution in [3.05, 3.63) is 35.4 Å². The molecule has 1 aliphatic heterocycles. The highest BCUT2D eigenvalue weighted by Crippen LogP contribution is 2.28. The molecule has 1 fully saturated rings. The first-order chi connectivity index (χ1) is 9.97. The number of hydrogen-bond acceptors (Lipinski definition) is 2. The summed E-state index contributed by atoms with van der Waals surface area (Å²) >= 11 is 0. The highest BCUT2D eigenvalue weighted by atomic mass is 16.6. The summed E-state index contributed by atoms with van der Waals surface area (Å²) in [5.41, 5.74) is 2.11. The molecule has 3 nitrogen and oxygen atoms in total. The fraction of sp³-hybridized carbons (Fsp3) is 0.611. The fourth-order valence-electron chi connectivity index (χ4n) is 3.05. The molecule has 0 spiro atoms. The van der Waals surface area contributed by atoms with Gasteiger partial charge in [0.25, 0.3) is 0 Å². The van der Waals surface area contributed by atoms with E-state index in [0.29, 0.717) is 12.3 Å². The second-order valence-electron chi connectivity index (χ2n) is 6.70. The Kier molecular flexibility index (Phi) is 5.40. The molecular formula is C18H28NO2+. The van der Waals surface area contributed by atoms with Crippen LogP contribution in [-0.2, 0) is 16.0 Å². The van der Waals surface area contributed by atoms with Gasteiger partial charge in [-0.2, -0.15) is 0 Å². The molecule has 1 saturated heterocycles. The number of quaternary nitrogens is 1. The number of carbonyl (C=O) groups excluding carboxylic acids is 1. The summed E-state index contributed by atoms with van der Waals surface area (Å²) in [6.07, 6.45) is 3.50. The molecule has 0 aromatic heterocycles. The van der Waals surface area contributed by atoms with E-state index in [-0.39, 0.29) is 11.6 Å². The van der Waals surface area contributed by atoms with Crippen molar-refractivity contribution in [2.24, 2.45) is 5.92 Å². The molecule has 0 radical (unpaired) electrons. The van der Waals surface area contributed by atoms with Crippen LogP contribution >= 0.6 is 0 Å². The molecule has 3 heteroatoms. The van der Waals surface area contributed by atoms with Gasteiger partial charge in [0, 0.05) is 25.2 Å². The lowest BCUT2D eigenvalue weighted by atomic mass is 9.83. The van der Waals surface area contributed by atoms with Gasteiger partial charge in [0.15, 0.2) is 0 Å². The first kappa shape index (κ1) is 16.0. The van der Waals surface area contributed by atoms with E-state index in [1.54, 1.807) is 0 Å². The van der Waals surface area contributed by atoms with Crippen molar-refractivity contribution in [3.63, 3.8) is 0 Å². The maximum Gasteiger partial charge on any atom is 0.306 e. The highest BCUT2D eigenvalue weighted by Gasteiger charge is 2.35. The molecule has 2 N–H and O–H groups in total. The Labute approximate surface area is 128 Å². The zero-order valence-corrected chi connectivity index (χ0v) is 13.5. The predicted molar refractivity (Wildman–Crippen MR) is 84.1 cm³/mol. The van der Waals surface area contributed by atoms with E-state index in [9.17, 15) is 4.79 Å². The van der Waals surface area contributed by atoms with Crippen LogP contribution < -0.4 is 5.32 Å². The molecule has 0 aliphatic carbocycles. The van der Waals surface area contributed by atoms with Crippen LogP contribution in [0.15, 0.2) is 24.3 Å². The molecule has 0 atom stereocenters. The maximum absolute atomic E-state index is 12.1. The Hall–Kier alpha value is -1.35. The van der Waals surface area contributed by atoms with Gasteiger partial charge in [0.1, 0.15) is 5.60 Å². The van der Waals surface area contributed by atoms with Crippen LogP contribution in [0.1, 0.15) is 44.2 Å². The smallest absolute Gasteiger partial charge is 0.306 e. The minimum Gasteiger partial charge on any atom is -0.459 e. The van der Waals surface area contributed by atoms with Gasteiger partial charge in [0.2, 0.25) is 0 Å². The fourth-order valence-corrected chi connectivity index (χ4v) is 3.05. The second-order valence-corrected chi connectivity index (χ2v) is 6.70. The average Bonchev–Trinajstić information content (AvgIpc) is 2.47. The lowest BCUT2D eigenvalue weighted by Gasteiger charge is -2.35. The Morgan fingerprint density at radius 1 is 1.24 bits per heavy atom. The Morgan fingerprint density at radius 3 is 2.48 bits per heavy atom. The van der Waals surface area contributed by atoms with Gasteiger partial charge in [-0.3, -0.25) is 4.79 Å². The minimum atomic E-state index is -0.335. The maximum atomic E-state index is 12.1. The molecule has 0 saturated carbocycles. The van der Waals surface area contributed by atoms with Gasteiger partial charge in [-0.1, -0.05) is 29.8 Å². The van der Waals surface area contributed by atoms with Crippen molar-refractivity contribution in [2.45, 2.75) is 52.1 Å². The largest absolute Gasteiger partial charge is 0.459 e. The molecule has 1 heterocycles. The first-order valence-electron chi connectivity index (χ1n) is 8.06. The number of esters is 1. The summed E-state index contributed by atoms with van der Waals surface area (Å²) in [5.74, 6) is 0.418. The van der Waals surface area contributed by atoms with E-state index in [0.717, 1.165) is 32.4 Å². The van der Waals surface area contributed by atoms with Crippen molar-refractivity contribution in [1.82, 2.24) is 0 Å². The van der Waals surface area contributed by atoms with Crippen LogP contribution in [0.4, 0.5) is 0 Å². The summed E-state index contributed by atoms with van der Waals surface area (Å²) in [5, 5.41) is 2.34. The van der Waals surface area contributed by atoms with E-state index in [1.165, 1.54) is 11.1 Å². The minimum absolute atomic E-state index is 0.0740. The van der Waals surface area contributed by atoms with Crippen molar-refractivity contribution in [2.75, 3.05) is 13.1 Å². The Balaban J connectivity index is 1.81. The van der Waals surface area contributed by atoms with Gasteiger partial charge >= 0.3 is 5.97 Å². The lowest BCUT2D eigenvalue weighted by molar-refractivity contribution is -0.665. The molecule has 2 rings (SSSR count). The number of benzene rings is 1. The Morgan fingerprint density at radius 2 is 1.86 bits per heavy atom. The van der Waals surface area contributed by atoms with Gasteiger partial charge in [-0.25, -0.2) is 0 Å². The number of hydrogen-bond donors (Lipinski definition) is 1. The summed E-state index contributed by atoms with van der Waals surface area (Å²) in [7, 11) is 0. The zero-order chi connectivity index (χ0) is 15.3. The summed E-state index contributed by atoms with van der Waals surface area (Å²) in [6, 6.07) is 8.35. The second kappa shape index (κ2) is 7.08. The number of ether oxygens (including phenoxy) is 1. The van der Waals surface area contributed by atoms with E-state index in [4.69, 9.17) is 4.74 Å². The molecule has 0 unspecified atom stereocenters. The third-order valence-electron chi connectivity index (χ3n) is 4.54. The van der Waals surface area contributed by atoms with Crippen LogP contribution in [0.3, 0.4) is 0 Å². The van der Waals surface area contributed by atoms with Gasteiger partial charge in [-0.15, -0.1) is 0 Å². The predicted octanol–water partition coefficient (Wildman–Crippen LogP) is 2.22. The quantitative estimate of drug-likeness (QED) is 0.845. The SMILES string of the molecule is Cc1ccc(CCC(=O)OC(C)(C)C2CC[NH2+]CC2)cc1. The molecular weight excluding hydrogens is 262 g/mol. The van der Waals surface area contributed by atoms with Crippen molar-refractivity contribution in [3.8, 4) is 0 Å². The number of piperidine rings is 1. The number of aryl methyl sites for hydroxylation is 2. The summed E-state index contributed by atoms with van der Waals surface area (Å²) in [6.45, 7) is 8.49. The molecule has 1 aromatic carbocycles. The van der Waals surface area contributed by atoms with Gasteiger partial charge in [0.05, 0.1) is 13.1 Å². The summed E-state index contributed by atoms with van der Waals surface area (Å²) in [4.78, 5) is 12.1. The van der Waals surface area contributed by atoms with Crippen LogP contribution in [0, 0.1) is 12.8 Å². The first-order valence-corrected chi connectivity index (χ1v) is 8.06. The molecule has 1 aliphatic rings. The third kappa shape index (κ3) is 4.85. The van der Waals surface area contributed by atoms with Crippen molar-refractivity contribution >= 4 is 5.97 Å². The van der Waals surface area contributed by atoms with E-state index in [2.05, 4.69) is 50.4 Å². The van der Waals surface area contributed by atoms with E-state index >= 15 is 0 Å². The molecule has 0 bridgehead atoms.